The standard InChI is InChI=1S/C5H13NO2/c1-3-7-8-5-4-6-2/h6H,3-5H2,1-2H3. The normalized spacial score (nSPS) is 9.75. The predicted octanol–water partition coefficient (Wildman–Crippen LogP) is 0.174. The van der Waals surface area contributed by atoms with Crippen molar-refractivity contribution in [3.63, 3.8) is 0 Å². The highest BCUT2D eigenvalue weighted by Gasteiger charge is 1.81. The minimum Gasteiger partial charge on any atom is -0.317 e. The topological polar surface area (TPSA) is 30.5 Å². The van der Waals surface area contributed by atoms with Crippen LogP contribution in [0.5, 0.6) is 0 Å². The fourth-order valence-electron chi connectivity index (χ4n) is 0.286. The summed E-state index contributed by atoms with van der Waals surface area (Å²) < 4.78 is 0. The third-order valence-corrected chi connectivity index (χ3v) is 0.637. The maximum atomic E-state index is 4.66. The molecule has 3 nitrogen and oxygen atoms in total. The lowest BCUT2D eigenvalue weighted by Crippen LogP contribution is -2.14. The summed E-state index contributed by atoms with van der Waals surface area (Å²) in [7, 11) is 1.87. The van der Waals surface area contributed by atoms with Crippen LogP contribution in [0.4, 0.5) is 0 Å². The lowest BCUT2D eigenvalue weighted by Gasteiger charge is -1.98. The predicted molar refractivity (Wildman–Crippen MR) is 31.5 cm³/mol. The van der Waals surface area contributed by atoms with Crippen molar-refractivity contribution in [3.05, 3.63) is 0 Å². The molecule has 0 amide bonds. The highest BCUT2D eigenvalue weighted by molar-refractivity contribution is 4.29. The fourth-order valence-corrected chi connectivity index (χ4v) is 0.286. The van der Waals surface area contributed by atoms with Crippen molar-refractivity contribution in [2.75, 3.05) is 26.8 Å². The van der Waals surface area contributed by atoms with E-state index in [0.717, 1.165) is 6.54 Å². The van der Waals surface area contributed by atoms with Gasteiger partial charge < -0.3 is 5.32 Å². The third kappa shape index (κ3) is 5.88. The van der Waals surface area contributed by atoms with Crippen LogP contribution in [0, 0.1) is 0 Å². The Hall–Kier alpha value is -0.120. The maximum Gasteiger partial charge on any atom is 0.0946 e. The lowest BCUT2D eigenvalue weighted by atomic mass is 10.7. The van der Waals surface area contributed by atoms with Gasteiger partial charge in [0.2, 0.25) is 0 Å². The second kappa shape index (κ2) is 6.88. The van der Waals surface area contributed by atoms with Gasteiger partial charge in [0, 0.05) is 6.54 Å². The van der Waals surface area contributed by atoms with Crippen LogP contribution >= 0.6 is 0 Å². The third-order valence-electron chi connectivity index (χ3n) is 0.637. The monoisotopic (exact) mass is 119 g/mol. The molecule has 0 atom stereocenters. The first-order valence-electron chi connectivity index (χ1n) is 2.80. The van der Waals surface area contributed by atoms with E-state index < -0.39 is 0 Å². The van der Waals surface area contributed by atoms with Gasteiger partial charge in [-0.3, -0.25) is 0 Å². The highest BCUT2D eigenvalue weighted by Crippen LogP contribution is 1.73. The van der Waals surface area contributed by atoms with Gasteiger partial charge in [0.1, 0.15) is 0 Å². The minimum absolute atomic E-state index is 0.615. The fraction of sp³-hybridized carbons (Fsp3) is 1.00. The number of rotatable bonds is 5. The molecule has 0 saturated heterocycles. The van der Waals surface area contributed by atoms with E-state index in [4.69, 9.17) is 0 Å². The van der Waals surface area contributed by atoms with Gasteiger partial charge in [0.15, 0.2) is 0 Å². The average molecular weight is 119 g/mol. The van der Waals surface area contributed by atoms with E-state index in [1.54, 1.807) is 0 Å². The Labute approximate surface area is 49.9 Å². The van der Waals surface area contributed by atoms with Gasteiger partial charge in [0.25, 0.3) is 0 Å². The van der Waals surface area contributed by atoms with Crippen molar-refractivity contribution in [1.29, 1.82) is 0 Å². The van der Waals surface area contributed by atoms with Gasteiger partial charge in [-0.1, -0.05) is 0 Å². The van der Waals surface area contributed by atoms with E-state index in [1.807, 2.05) is 14.0 Å². The van der Waals surface area contributed by atoms with Crippen molar-refractivity contribution in [1.82, 2.24) is 5.32 Å². The summed E-state index contributed by atoms with van der Waals surface area (Å²) in [5.41, 5.74) is 0. The summed E-state index contributed by atoms with van der Waals surface area (Å²) >= 11 is 0. The lowest BCUT2D eigenvalue weighted by molar-refractivity contribution is -0.289. The van der Waals surface area contributed by atoms with Crippen LogP contribution in [0.2, 0.25) is 0 Å². The first-order chi connectivity index (χ1) is 3.91. The molecular formula is C5H13NO2. The molecule has 0 saturated carbocycles. The van der Waals surface area contributed by atoms with Crippen LogP contribution < -0.4 is 5.32 Å². The summed E-state index contributed by atoms with van der Waals surface area (Å²) in [5.74, 6) is 0. The average Bonchev–Trinajstić information content (AvgIpc) is 1.81. The molecule has 3 heteroatoms. The molecule has 0 radical (unpaired) electrons. The molecular weight excluding hydrogens is 106 g/mol. The van der Waals surface area contributed by atoms with Gasteiger partial charge >= 0.3 is 0 Å². The van der Waals surface area contributed by atoms with Crippen molar-refractivity contribution in [2.45, 2.75) is 6.92 Å². The van der Waals surface area contributed by atoms with Gasteiger partial charge in [-0.2, -0.15) is 0 Å². The van der Waals surface area contributed by atoms with E-state index in [-0.39, 0.29) is 0 Å². The van der Waals surface area contributed by atoms with E-state index in [9.17, 15) is 0 Å². The van der Waals surface area contributed by atoms with E-state index in [2.05, 4.69) is 15.1 Å². The second-order valence-corrected chi connectivity index (χ2v) is 1.33. The van der Waals surface area contributed by atoms with Crippen molar-refractivity contribution in [3.8, 4) is 0 Å². The Morgan fingerprint density at radius 3 is 2.62 bits per heavy atom. The molecule has 0 fully saturated rings. The molecule has 0 aromatic heterocycles. The Balaban J connectivity index is 2.53. The van der Waals surface area contributed by atoms with Gasteiger partial charge in [-0.05, 0) is 14.0 Å². The molecule has 0 bridgehead atoms. The quantitative estimate of drug-likeness (QED) is 0.318. The molecule has 0 heterocycles. The van der Waals surface area contributed by atoms with Crippen LogP contribution in [0.1, 0.15) is 6.92 Å². The molecule has 50 valence electrons. The Bertz CT molecular complexity index is 35.4. The van der Waals surface area contributed by atoms with Crippen LogP contribution in [-0.2, 0) is 9.78 Å². The smallest absolute Gasteiger partial charge is 0.0946 e. The summed E-state index contributed by atoms with van der Waals surface area (Å²) in [5, 5.41) is 2.92. The van der Waals surface area contributed by atoms with Crippen LogP contribution in [0.15, 0.2) is 0 Å². The van der Waals surface area contributed by atoms with Crippen LogP contribution in [0.3, 0.4) is 0 Å². The Kier molecular flexibility index (Phi) is 6.78. The zero-order valence-corrected chi connectivity index (χ0v) is 5.44. The zero-order chi connectivity index (χ0) is 6.24. The molecule has 0 aliphatic heterocycles. The summed E-state index contributed by atoms with van der Waals surface area (Å²) in [4.78, 5) is 9.26. The first kappa shape index (κ1) is 7.88. The van der Waals surface area contributed by atoms with E-state index >= 15 is 0 Å². The number of hydrogen-bond acceptors (Lipinski definition) is 3. The summed E-state index contributed by atoms with van der Waals surface area (Å²) in [6, 6.07) is 0. The van der Waals surface area contributed by atoms with Gasteiger partial charge in [-0.25, -0.2) is 9.78 Å². The van der Waals surface area contributed by atoms with Gasteiger partial charge in [0.05, 0.1) is 13.2 Å². The molecule has 0 unspecified atom stereocenters. The Morgan fingerprint density at radius 2 is 2.12 bits per heavy atom. The minimum atomic E-state index is 0.615. The molecule has 0 aliphatic carbocycles. The first-order valence-corrected chi connectivity index (χ1v) is 2.80. The zero-order valence-electron chi connectivity index (χ0n) is 5.44. The molecule has 1 N–H and O–H groups in total. The SMILES string of the molecule is CCOOCCNC. The largest absolute Gasteiger partial charge is 0.317 e. The van der Waals surface area contributed by atoms with Crippen molar-refractivity contribution >= 4 is 0 Å². The van der Waals surface area contributed by atoms with Crippen LogP contribution in [0.25, 0.3) is 0 Å². The number of hydrogen-bond donors (Lipinski definition) is 1. The Morgan fingerprint density at radius 1 is 1.38 bits per heavy atom. The van der Waals surface area contributed by atoms with Crippen molar-refractivity contribution in [2.24, 2.45) is 0 Å². The van der Waals surface area contributed by atoms with Crippen LogP contribution in [-0.4, -0.2) is 26.8 Å². The molecule has 0 rings (SSSR count). The second-order valence-electron chi connectivity index (χ2n) is 1.33. The molecule has 0 aromatic rings. The van der Waals surface area contributed by atoms with E-state index in [1.165, 1.54) is 0 Å². The number of likely N-dealkylation sites (N-methyl/N-ethyl adjacent to an activating group) is 1. The molecule has 0 aliphatic rings. The maximum absolute atomic E-state index is 4.66. The summed E-state index contributed by atoms with van der Waals surface area (Å²) in [6.45, 7) is 3.95. The van der Waals surface area contributed by atoms with Gasteiger partial charge in [-0.15, -0.1) is 0 Å². The van der Waals surface area contributed by atoms with Crippen molar-refractivity contribution < 1.29 is 9.78 Å². The molecule has 0 aromatic carbocycles. The molecule has 8 heavy (non-hydrogen) atoms. The number of nitrogens with one attached hydrogen (secondary N) is 1. The molecule has 0 spiro atoms. The van der Waals surface area contributed by atoms with E-state index in [0.29, 0.717) is 13.2 Å². The highest BCUT2D eigenvalue weighted by atomic mass is 17.2. The summed E-state index contributed by atoms with van der Waals surface area (Å²) in [6.07, 6.45) is 0.